The van der Waals surface area contributed by atoms with Gasteiger partial charge in [0.2, 0.25) is 0 Å². The molecule has 0 amide bonds. The molecule has 0 saturated carbocycles. The first kappa shape index (κ1) is 17.1. The van der Waals surface area contributed by atoms with E-state index in [0.29, 0.717) is 17.0 Å². The molecule has 0 saturated heterocycles. The van der Waals surface area contributed by atoms with Crippen molar-refractivity contribution in [2.45, 2.75) is 5.92 Å². The summed E-state index contributed by atoms with van der Waals surface area (Å²) in [4.78, 5) is 0. The predicted octanol–water partition coefficient (Wildman–Crippen LogP) is 6.73. The zero-order valence-electron chi connectivity index (χ0n) is 17.0. The van der Waals surface area contributed by atoms with Gasteiger partial charge in [-0.3, -0.25) is 0 Å². The Balaban J connectivity index is 1.71. The first-order valence-corrected chi connectivity index (χ1v) is 10.6. The highest BCUT2D eigenvalue weighted by Gasteiger charge is 2.31. The maximum absolute atomic E-state index is 9.89. The van der Waals surface area contributed by atoms with Gasteiger partial charge in [-0.2, -0.15) is 10.5 Å². The molecule has 3 heteroatoms. The van der Waals surface area contributed by atoms with Crippen molar-refractivity contribution in [2.75, 3.05) is 0 Å². The van der Waals surface area contributed by atoms with Crippen LogP contribution in [0.5, 0.6) is 0 Å². The van der Waals surface area contributed by atoms with Crippen molar-refractivity contribution in [1.29, 1.82) is 10.5 Å². The smallest absolute Gasteiger partial charge is 0.101 e. The van der Waals surface area contributed by atoms with E-state index in [0.717, 1.165) is 16.7 Å². The average molecular weight is 405 g/mol. The Hall–Kier alpha value is -4.60. The second kappa shape index (κ2) is 5.97. The number of nitrogens with zero attached hydrogens (tertiary/aromatic N) is 3. The third-order valence-electron chi connectivity index (χ3n) is 6.77. The van der Waals surface area contributed by atoms with Crippen molar-refractivity contribution >= 4 is 38.7 Å². The fourth-order valence-corrected chi connectivity index (χ4v) is 5.26. The Kier molecular flexibility index (Phi) is 3.20. The Morgan fingerprint density at radius 2 is 1.62 bits per heavy atom. The number of hydrogen-bond donors (Lipinski definition) is 0. The minimum absolute atomic E-state index is 0.428. The van der Waals surface area contributed by atoms with Crippen LogP contribution in [0, 0.1) is 22.7 Å². The van der Waals surface area contributed by atoms with E-state index in [9.17, 15) is 10.5 Å². The van der Waals surface area contributed by atoms with Crippen LogP contribution in [0.15, 0.2) is 84.5 Å². The van der Waals surface area contributed by atoms with Crippen LogP contribution in [0.25, 0.3) is 44.3 Å². The molecule has 5 aromatic rings. The molecule has 0 aliphatic heterocycles. The van der Waals surface area contributed by atoms with Gasteiger partial charge >= 0.3 is 0 Å². The largest absolute Gasteiger partial charge is 0.308 e. The summed E-state index contributed by atoms with van der Waals surface area (Å²) in [6.45, 7) is 0. The van der Waals surface area contributed by atoms with Gasteiger partial charge < -0.3 is 4.57 Å². The van der Waals surface area contributed by atoms with Crippen LogP contribution in [0.4, 0.5) is 0 Å². The molecule has 0 N–H and O–H groups in total. The zero-order chi connectivity index (χ0) is 21.4. The van der Waals surface area contributed by atoms with Gasteiger partial charge in [0.05, 0.1) is 33.9 Å². The number of allylic oxidation sites excluding steroid dienone is 3. The summed E-state index contributed by atoms with van der Waals surface area (Å²) < 4.78 is 2.18. The van der Waals surface area contributed by atoms with Crippen LogP contribution >= 0.6 is 0 Å². The van der Waals surface area contributed by atoms with Crippen molar-refractivity contribution in [3.8, 4) is 17.8 Å². The van der Waals surface area contributed by atoms with Gasteiger partial charge in [-0.25, -0.2) is 0 Å². The second-order valence-corrected chi connectivity index (χ2v) is 8.41. The van der Waals surface area contributed by atoms with Crippen molar-refractivity contribution in [1.82, 2.24) is 4.57 Å². The SMILES string of the molecule is N#Cc1ccc(-n2c3ccc4c(c3c3c5ccccc5ccc32)C=CC2=C[C@H]24)c(C#N)c1. The van der Waals surface area contributed by atoms with E-state index in [4.69, 9.17) is 0 Å². The molecule has 1 heterocycles. The van der Waals surface area contributed by atoms with E-state index < -0.39 is 0 Å². The number of hydrogen-bond acceptors (Lipinski definition) is 2. The molecule has 1 aromatic heterocycles. The van der Waals surface area contributed by atoms with Crippen molar-refractivity contribution < 1.29 is 0 Å². The highest BCUT2D eigenvalue weighted by atomic mass is 15.0. The predicted molar refractivity (Wildman–Crippen MR) is 128 cm³/mol. The number of nitriles is 2. The summed E-state index contributed by atoms with van der Waals surface area (Å²) in [7, 11) is 0. The molecule has 0 unspecified atom stereocenters. The van der Waals surface area contributed by atoms with E-state index in [-0.39, 0.29) is 0 Å². The summed E-state index contributed by atoms with van der Waals surface area (Å²) in [5.41, 5.74) is 7.93. The van der Waals surface area contributed by atoms with Crippen LogP contribution in [0.1, 0.15) is 28.2 Å². The number of fused-ring (bicyclic) bond motifs is 9. The summed E-state index contributed by atoms with van der Waals surface area (Å²) in [6, 6.07) is 27.0. The van der Waals surface area contributed by atoms with Gasteiger partial charge in [-0.05, 0) is 57.8 Å². The molecule has 0 fully saturated rings. The maximum Gasteiger partial charge on any atom is 0.101 e. The zero-order valence-corrected chi connectivity index (χ0v) is 17.0. The van der Waals surface area contributed by atoms with Crippen LogP contribution in [0.3, 0.4) is 0 Å². The molecule has 0 spiro atoms. The van der Waals surface area contributed by atoms with Crippen LogP contribution in [-0.2, 0) is 0 Å². The number of rotatable bonds is 1. The Morgan fingerprint density at radius 3 is 2.50 bits per heavy atom. The quantitative estimate of drug-likeness (QED) is 0.310. The molecular formula is C29H15N3. The van der Waals surface area contributed by atoms with Gasteiger partial charge in [-0.15, -0.1) is 0 Å². The number of benzene rings is 4. The van der Waals surface area contributed by atoms with Crippen molar-refractivity contribution in [3.63, 3.8) is 0 Å². The first-order valence-electron chi connectivity index (χ1n) is 10.6. The molecule has 7 rings (SSSR count). The van der Waals surface area contributed by atoms with E-state index in [1.807, 2.05) is 6.07 Å². The van der Waals surface area contributed by atoms with Gasteiger partial charge in [0, 0.05) is 16.7 Å². The molecule has 146 valence electrons. The Labute approximate surface area is 184 Å². The monoisotopic (exact) mass is 405 g/mol. The molecule has 32 heavy (non-hydrogen) atoms. The van der Waals surface area contributed by atoms with E-state index in [1.54, 1.807) is 12.1 Å². The van der Waals surface area contributed by atoms with Gasteiger partial charge in [0.25, 0.3) is 0 Å². The van der Waals surface area contributed by atoms with E-state index >= 15 is 0 Å². The topological polar surface area (TPSA) is 52.5 Å². The molecule has 4 aromatic carbocycles. The standard InChI is InChI=1S/C29H15N3/c30-15-17-5-10-25(20(13-17)16-31)32-26-11-7-18-3-1-2-4-21(18)28(26)29-23-8-6-19-14-24(19)22(23)9-12-27(29)32/h1-14,24H/t24-/m1/s1. The lowest BCUT2D eigenvalue weighted by atomic mass is 9.91. The maximum atomic E-state index is 9.89. The molecule has 2 aliphatic carbocycles. The van der Waals surface area contributed by atoms with Crippen LogP contribution < -0.4 is 0 Å². The van der Waals surface area contributed by atoms with Crippen molar-refractivity contribution in [3.05, 3.63) is 107 Å². The van der Waals surface area contributed by atoms with Crippen molar-refractivity contribution in [2.24, 2.45) is 0 Å². The lowest BCUT2D eigenvalue weighted by Gasteiger charge is -2.14. The highest BCUT2D eigenvalue weighted by Crippen LogP contribution is 2.49. The summed E-state index contributed by atoms with van der Waals surface area (Å²) >= 11 is 0. The second-order valence-electron chi connectivity index (χ2n) is 8.41. The first-order chi connectivity index (χ1) is 15.8. The summed E-state index contributed by atoms with van der Waals surface area (Å²) in [6.07, 6.45) is 6.77. The van der Waals surface area contributed by atoms with Gasteiger partial charge in [0.15, 0.2) is 0 Å². The molecule has 3 nitrogen and oxygen atoms in total. The average Bonchev–Trinajstić information content (AvgIpc) is 3.57. The lowest BCUT2D eigenvalue weighted by Crippen LogP contribution is -1.99. The normalized spacial score (nSPS) is 15.8. The molecule has 1 atom stereocenters. The van der Waals surface area contributed by atoms with E-state index in [2.05, 4.69) is 83.5 Å². The molecule has 0 radical (unpaired) electrons. The van der Waals surface area contributed by atoms with Crippen LogP contribution in [0.2, 0.25) is 0 Å². The summed E-state index contributed by atoms with van der Waals surface area (Å²) in [5, 5.41) is 24.0. The summed E-state index contributed by atoms with van der Waals surface area (Å²) in [5.74, 6) is 0.428. The highest BCUT2D eigenvalue weighted by molar-refractivity contribution is 6.23. The van der Waals surface area contributed by atoms with Gasteiger partial charge in [-0.1, -0.05) is 54.6 Å². The molecular weight excluding hydrogens is 390 g/mol. The fourth-order valence-electron chi connectivity index (χ4n) is 5.26. The molecule has 2 aliphatic rings. The Morgan fingerprint density at radius 1 is 0.781 bits per heavy atom. The van der Waals surface area contributed by atoms with Crippen LogP contribution in [-0.4, -0.2) is 4.57 Å². The molecule has 0 bridgehead atoms. The minimum Gasteiger partial charge on any atom is -0.308 e. The lowest BCUT2D eigenvalue weighted by molar-refractivity contribution is 1.15. The fraction of sp³-hybridized carbons (Fsp3) is 0.0345. The van der Waals surface area contributed by atoms with E-state index in [1.165, 1.54) is 38.2 Å². The third-order valence-corrected chi connectivity index (χ3v) is 6.77. The number of aromatic nitrogens is 1. The minimum atomic E-state index is 0.428. The van der Waals surface area contributed by atoms with Gasteiger partial charge in [0.1, 0.15) is 6.07 Å². The third kappa shape index (κ3) is 2.12. The Bertz CT molecular complexity index is 1800.